The lowest BCUT2D eigenvalue weighted by molar-refractivity contribution is -0.141. The molecule has 0 aromatic heterocycles. The summed E-state index contributed by atoms with van der Waals surface area (Å²) in [6, 6.07) is 5.07. The first-order valence-electron chi connectivity index (χ1n) is 10.1. The fraction of sp³-hybridized carbons (Fsp3) is 0.667. The number of hydrogen-bond acceptors (Lipinski definition) is 3. The summed E-state index contributed by atoms with van der Waals surface area (Å²) in [6.45, 7) is 5.20. The Labute approximate surface area is 165 Å². The Bertz CT molecular complexity index is 685. The fourth-order valence-electron chi connectivity index (χ4n) is 4.79. The SMILES string of the molecule is O=C1CCC2(CCN(Cc3ccc(Cl)c(F)c3)CC2)CN1CC1CCCO1. The first-order chi connectivity index (χ1) is 13.0. The molecule has 3 heterocycles. The monoisotopic (exact) mass is 394 g/mol. The Morgan fingerprint density at radius 3 is 2.78 bits per heavy atom. The van der Waals surface area contributed by atoms with E-state index >= 15 is 0 Å². The van der Waals surface area contributed by atoms with Crippen LogP contribution >= 0.6 is 11.6 Å². The number of benzene rings is 1. The fourth-order valence-corrected chi connectivity index (χ4v) is 4.91. The summed E-state index contributed by atoms with van der Waals surface area (Å²) >= 11 is 5.78. The lowest BCUT2D eigenvalue weighted by atomic mass is 9.72. The predicted octanol–water partition coefficient (Wildman–Crippen LogP) is 3.86. The van der Waals surface area contributed by atoms with Crippen LogP contribution in [0, 0.1) is 11.2 Å². The van der Waals surface area contributed by atoms with Gasteiger partial charge in [0.1, 0.15) is 5.82 Å². The van der Waals surface area contributed by atoms with Crippen molar-refractivity contribution in [1.82, 2.24) is 9.80 Å². The highest BCUT2D eigenvalue weighted by Gasteiger charge is 2.41. The molecule has 0 saturated carbocycles. The molecule has 1 unspecified atom stereocenters. The zero-order chi connectivity index (χ0) is 18.9. The topological polar surface area (TPSA) is 32.8 Å². The number of carbonyl (C=O) groups excluding carboxylic acids is 1. The van der Waals surface area contributed by atoms with Crippen molar-refractivity contribution in [3.8, 4) is 0 Å². The molecule has 0 N–H and O–H groups in total. The molecule has 0 bridgehead atoms. The van der Waals surface area contributed by atoms with Gasteiger partial charge in [-0.2, -0.15) is 0 Å². The molecule has 6 heteroatoms. The minimum absolute atomic E-state index is 0.176. The summed E-state index contributed by atoms with van der Waals surface area (Å²) < 4.78 is 19.4. The van der Waals surface area contributed by atoms with E-state index in [0.717, 1.165) is 77.0 Å². The van der Waals surface area contributed by atoms with Crippen LogP contribution in [0.4, 0.5) is 4.39 Å². The van der Waals surface area contributed by atoms with E-state index in [1.165, 1.54) is 6.07 Å². The van der Waals surface area contributed by atoms with Crippen LogP contribution in [-0.2, 0) is 16.1 Å². The summed E-state index contributed by atoms with van der Waals surface area (Å²) in [5.41, 5.74) is 1.21. The van der Waals surface area contributed by atoms with Crippen molar-refractivity contribution in [2.75, 3.05) is 32.8 Å². The number of carbonyl (C=O) groups is 1. The number of piperidine rings is 2. The molecule has 1 aromatic carbocycles. The van der Waals surface area contributed by atoms with Crippen molar-refractivity contribution in [2.24, 2.45) is 5.41 Å². The van der Waals surface area contributed by atoms with Gasteiger partial charge in [-0.15, -0.1) is 0 Å². The molecule has 3 fully saturated rings. The lowest BCUT2D eigenvalue weighted by Crippen LogP contribution is -2.52. The van der Waals surface area contributed by atoms with E-state index in [9.17, 15) is 9.18 Å². The summed E-state index contributed by atoms with van der Waals surface area (Å²) in [5.74, 6) is -0.0617. The molecule has 1 atom stereocenters. The molecule has 1 amide bonds. The molecular weight excluding hydrogens is 367 g/mol. The van der Waals surface area contributed by atoms with Gasteiger partial charge in [0.05, 0.1) is 11.1 Å². The number of nitrogens with zero attached hydrogens (tertiary/aromatic N) is 2. The van der Waals surface area contributed by atoms with Gasteiger partial charge in [0.2, 0.25) is 5.91 Å². The average Bonchev–Trinajstić information content (AvgIpc) is 3.17. The van der Waals surface area contributed by atoms with Gasteiger partial charge < -0.3 is 9.64 Å². The Morgan fingerprint density at radius 1 is 1.26 bits per heavy atom. The van der Waals surface area contributed by atoms with Crippen LogP contribution in [0.5, 0.6) is 0 Å². The van der Waals surface area contributed by atoms with E-state index in [4.69, 9.17) is 16.3 Å². The van der Waals surface area contributed by atoms with Gasteiger partial charge in [0.25, 0.3) is 0 Å². The quantitative estimate of drug-likeness (QED) is 0.777. The smallest absolute Gasteiger partial charge is 0.222 e. The maximum Gasteiger partial charge on any atom is 0.222 e. The molecule has 1 aromatic rings. The van der Waals surface area contributed by atoms with Gasteiger partial charge in [-0.25, -0.2) is 4.39 Å². The van der Waals surface area contributed by atoms with Crippen molar-refractivity contribution < 1.29 is 13.9 Å². The van der Waals surface area contributed by atoms with Gasteiger partial charge >= 0.3 is 0 Å². The third-order valence-electron chi connectivity index (χ3n) is 6.50. The maximum absolute atomic E-state index is 13.7. The summed E-state index contributed by atoms with van der Waals surface area (Å²) in [7, 11) is 0. The second kappa shape index (κ2) is 8.06. The van der Waals surface area contributed by atoms with E-state index in [1.54, 1.807) is 6.07 Å². The van der Waals surface area contributed by atoms with Crippen LogP contribution < -0.4 is 0 Å². The van der Waals surface area contributed by atoms with Crippen LogP contribution in [-0.4, -0.2) is 54.6 Å². The summed E-state index contributed by atoms with van der Waals surface area (Å²) in [6.07, 6.45) is 6.26. The van der Waals surface area contributed by atoms with E-state index in [0.29, 0.717) is 6.42 Å². The molecule has 0 radical (unpaired) electrons. The van der Waals surface area contributed by atoms with Crippen LogP contribution in [0.25, 0.3) is 0 Å². The zero-order valence-electron chi connectivity index (χ0n) is 15.8. The first-order valence-corrected chi connectivity index (χ1v) is 10.5. The van der Waals surface area contributed by atoms with Crippen molar-refractivity contribution in [3.05, 3.63) is 34.6 Å². The highest BCUT2D eigenvalue weighted by Crippen LogP contribution is 2.40. The van der Waals surface area contributed by atoms with E-state index < -0.39 is 0 Å². The first kappa shape index (κ1) is 19.2. The van der Waals surface area contributed by atoms with E-state index in [-0.39, 0.29) is 28.3 Å². The normalized spacial score (nSPS) is 26.1. The van der Waals surface area contributed by atoms with Crippen LogP contribution in [0.3, 0.4) is 0 Å². The average molecular weight is 395 g/mol. The van der Waals surface area contributed by atoms with Gasteiger partial charge in [0, 0.05) is 32.7 Å². The molecular formula is C21H28ClFN2O2. The Kier molecular flexibility index (Phi) is 5.72. The van der Waals surface area contributed by atoms with Crippen molar-refractivity contribution in [3.63, 3.8) is 0 Å². The molecule has 3 aliphatic rings. The van der Waals surface area contributed by atoms with E-state index in [2.05, 4.69) is 9.80 Å². The van der Waals surface area contributed by atoms with Gasteiger partial charge in [-0.05, 0) is 68.3 Å². The van der Waals surface area contributed by atoms with Crippen molar-refractivity contribution in [1.29, 1.82) is 0 Å². The summed E-state index contributed by atoms with van der Waals surface area (Å²) in [4.78, 5) is 16.8. The standard InChI is InChI=1S/C21H28ClFN2O2/c22-18-4-3-16(12-19(18)23)13-24-9-7-21(8-10-24)6-5-20(26)25(15-21)14-17-2-1-11-27-17/h3-4,12,17H,1-2,5-11,13-15H2. The number of hydrogen-bond donors (Lipinski definition) is 0. The second-order valence-electron chi connectivity index (χ2n) is 8.43. The van der Waals surface area contributed by atoms with Crippen molar-refractivity contribution in [2.45, 2.75) is 51.2 Å². The van der Waals surface area contributed by atoms with Crippen molar-refractivity contribution >= 4 is 17.5 Å². The van der Waals surface area contributed by atoms with Gasteiger partial charge in [-0.3, -0.25) is 9.69 Å². The molecule has 4 rings (SSSR count). The molecule has 3 aliphatic heterocycles. The molecule has 27 heavy (non-hydrogen) atoms. The third-order valence-corrected chi connectivity index (χ3v) is 6.81. The number of amides is 1. The summed E-state index contributed by atoms with van der Waals surface area (Å²) in [5, 5.41) is 0.176. The molecule has 4 nitrogen and oxygen atoms in total. The van der Waals surface area contributed by atoms with Crippen LogP contribution in [0.2, 0.25) is 5.02 Å². The van der Waals surface area contributed by atoms with Gasteiger partial charge in [0.15, 0.2) is 0 Å². The number of rotatable bonds is 4. The Hall–Kier alpha value is -1.17. The lowest BCUT2D eigenvalue weighted by Gasteiger charge is -2.48. The Morgan fingerprint density at radius 2 is 2.07 bits per heavy atom. The minimum atomic E-state index is -0.349. The highest BCUT2D eigenvalue weighted by atomic mass is 35.5. The molecule has 148 valence electrons. The molecule has 0 aliphatic carbocycles. The largest absolute Gasteiger partial charge is 0.376 e. The van der Waals surface area contributed by atoms with Crippen LogP contribution in [0.1, 0.15) is 44.1 Å². The minimum Gasteiger partial charge on any atom is -0.376 e. The second-order valence-corrected chi connectivity index (χ2v) is 8.84. The van der Waals surface area contributed by atoms with E-state index in [1.807, 2.05) is 6.07 Å². The van der Waals surface area contributed by atoms with Gasteiger partial charge in [-0.1, -0.05) is 17.7 Å². The number of likely N-dealkylation sites (tertiary alicyclic amines) is 2. The molecule has 3 saturated heterocycles. The highest BCUT2D eigenvalue weighted by molar-refractivity contribution is 6.30. The number of halogens is 2. The third kappa shape index (κ3) is 4.47. The maximum atomic E-state index is 13.7. The zero-order valence-corrected chi connectivity index (χ0v) is 16.5. The van der Waals surface area contributed by atoms with Crippen LogP contribution in [0.15, 0.2) is 18.2 Å². The molecule has 1 spiro atoms. The Balaban J connectivity index is 1.33. The predicted molar refractivity (Wildman–Crippen MR) is 103 cm³/mol. The number of ether oxygens (including phenoxy) is 1.